The van der Waals surface area contributed by atoms with Gasteiger partial charge in [0.05, 0.1) is 6.10 Å². The summed E-state index contributed by atoms with van der Waals surface area (Å²) in [7, 11) is 0. The molecule has 2 nitrogen and oxygen atoms in total. The van der Waals surface area contributed by atoms with E-state index in [0.717, 1.165) is 18.2 Å². The molecular weight excluding hydrogens is 246 g/mol. The van der Waals surface area contributed by atoms with Gasteiger partial charge in [0.1, 0.15) is 5.75 Å². The molecule has 0 amide bonds. The fourth-order valence-corrected chi connectivity index (χ4v) is 2.78. The monoisotopic (exact) mass is 275 g/mol. The highest BCUT2D eigenvalue weighted by atomic mass is 16.5. The van der Waals surface area contributed by atoms with E-state index >= 15 is 0 Å². The first-order valence-corrected chi connectivity index (χ1v) is 7.87. The smallest absolute Gasteiger partial charge is 0.119 e. The molecule has 0 bridgehead atoms. The van der Waals surface area contributed by atoms with Crippen molar-refractivity contribution >= 4 is 0 Å². The largest absolute Gasteiger partial charge is 0.491 e. The average Bonchev–Trinajstić information content (AvgIpc) is 2.25. The predicted octanol–water partition coefficient (Wildman–Crippen LogP) is 4.36. The van der Waals surface area contributed by atoms with Crippen LogP contribution in [0.3, 0.4) is 0 Å². The van der Waals surface area contributed by atoms with Crippen molar-refractivity contribution in [2.45, 2.75) is 65.0 Å². The number of rotatable bonds is 5. The Hall–Kier alpha value is -1.02. The third-order valence-electron chi connectivity index (χ3n) is 3.97. The minimum absolute atomic E-state index is 0.211. The minimum atomic E-state index is 0.211. The van der Waals surface area contributed by atoms with Crippen LogP contribution < -0.4 is 10.1 Å². The van der Waals surface area contributed by atoms with E-state index in [1.54, 1.807) is 0 Å². The number of benzene rings is 1. The summed E-state index contributed by atoms with van der Waals surface area (Å²) >= 11 is 0. The number of hydrogen-bond donors (Lipinski definition) is 1. The predicted molar refractivity (Wildman–Crippen MR) is 85.4 cm³/mol. The molecule has 0 heterocycles. The first-order valence-electron chi connectivity index (χ1n) is 7.87. The van der Waals surface area contributed by atoms with Crippen LogP contribution >= 0.6 is 0 Å². The Morgan fingerprint density at radius 2 is 2.00 bits per heavy atom. The Bertz CT molecular complexity index is 433. The Labute approximate surface area is 123 Å². The van der Waals surface area contributed by atoms with Crippen LogP contribution in [0, 0.1) is 5.92 Å². The average molecular weight is 275 g/mol. The number of hydrogen-bond acceptors (Lipinski definition) is 2. The summed E-state index contributed by atoms with van der Waals surface area (Å²) < 4.78 is 5.81. The molecule has 2 heteroatoms. The van der Waals surface area contributed by atoms with Crippen LogP contribution in [-0.2, 0) is 0 Å². The molecule has 0 saturated heterocycles. The number of nitrogens with one attached hydrogen (secondary N) is 1. The van der Waals surface area contributed by atoms with Crippen molar-refractivity contribution in [2.75, 3.05) is 6.54 Å². The molecule has 2 atom stereocenters. The third-order valence-corrected chi connectivity index (χ3v) is 3.97. The maximum atomic E-state index is 5.81. The van der Waals surface area contributed by atoms with E-state index in [1.807, 2.05) is 0 Å². The van der Waals surface area contributed by atoms with Crippen molar-refractivity contribution in [1.29, 1.82) is 0 Å². The lowest BCUT2D eigenvalue weighted by Gasteiger charge is -2.39. The molecule has 0 aliphatic heterocycles. The molecule has 112 valence electrons. The molecule has 1 N–H and O–H groups in total. The molecule has 1 aliphatic carbocycles. The van der Waals surface area contributed by atoms with Crippen molar-refractivity contribution < 1.29 is 4.74 Å². The van der Waals surface area contributed by atoms with Crippen LogP contribution in [0.15, 0.2) is 24.3 Å². The number of ether oxygens (including phenoxy) is 1. The van der Waals surface area contributed by atoms with E-state index in [-0.39, 0.29) is 11.6 Å². The Balaban J connectivity index is 1.97. The van der Waals surface area contributed by atoms with Crippen LogP contribution in [-0.4, -0.2) is 18.2 Å². The van der Waals surface area contributed by atoms with Crippen LogP contribution in [0.25, 0.3) is 0 Å². The summed E-state index contributed by atoms with van der Waals surface area (Å²) in [5.74, 6) is 2.47. The van der Waals surface area contributed by atoms with E-state index < -0.39 is 0 Å². The molecule has 1 saturated carbocycles. The van der Waals surface area contributed by atoms with E-state index in [1.165, 1.54) is 18.4 Å². The van der Waals surface area contributed by atoms with E-state index in [2.05, 4.69) is 64.2 Å². The molecule has 1 aliphatic rings. The molecule has 1 aromatic rings. The van der Waals surface area contributed by atoms with Gasteiger partial charge in [-0.2, -0.15) is 0 Å². The summed E-state index contributed by atoms with van der Waals surface area (Å²) in [6, 6.07) is 8.67. The second kappa shape index (κ2) is 6.17. The lowest BCUT2D eigenvalue weighted by Crippen LogP contribution is -2.42. The van der Waals surface area contributed by atoms with Crippen molar-refractivity contribution in [1.82, 2.24) is 5.32 Å². The first kappa shape index (κ1) is 15.4. The molecule has 0 aromatic heterocycles. The van der Waals surface area contributed by atoms with Crippen molar-refractivity contribution in [3.8, 4) is 5.75 Å². The van der Waals surface area contributed by atoms with Gasteiger partial charge in [-0.3, -0.25) is 0 Å². The quantitative estimate of drug-likeness (QED) is 0.862. The second-order valence-corrected chi connectivity index (χ2v) is 7.31. The topological polar surface area (TPSA) is 21.3 Å². The maximum absolute atomic E-state index is 5.81. The molecule has 1 aromatic carbocycles. The fraction of sp³-hybridized carbons (Fsp3) is 0.667. The highest BCUT2D eigenvalue weighted by molar-refractivity contribution is 5.32. The van der Waals surface area contributed by atoms with Crippen LogP contribution in [0.5, 0.6) is 5.75 Å². The molecule has 20 heavy (non-hydrogen) atoms. The lowest BCUT2D eigenvalue weighted by atomic mass is 9.70. The zero-order valence-electron chi connectivity index (χ0n) is 13.6. The van der Waals surface area contributed by atoms with Gasteiger partial charge < -0.3 is 10.1 Å². The van der Waals surface area contributed by atoms with Gasteiger partial charge in [-0.05, 0) is 83.5 Å². The van der Waals surface area contributed by atoms with Gasteiger partial charge in [-0.15, -0.1) is 0 Å². The lowest BCUT2D eigenvalue weighted by molar-refractivity contribution is 0.222. The van der Waals surface area contributed by atoms with Crippen molar-refractivity contribution in [2.24, 2.45) is 5.92 Å². The van der Waals surface area contributed by atoms with Crippen molar-refractivity contribution in [3.63, 3.8) is 0 Å². The third kappa shape index (κ3) is 4.24. The molecule has 0 spiro atoms. The maximum Gasteiger partial charge on any atom is 0.119 e. The summed E-state index contributed by atoms with van der Waals surface area (Å²) in [4.78, 5) is 0. The van der Waals surface area contributed by atoms with E-state index in [4.69, 9.17) is 4.74 Å². The normalized spacial score (nSPS) is 22.7. The highest BCUT2D eigenvalue weighted by Crippen LogP contribution is 2.43. The van der Waals surface area contributed by atoms with E-state index in [9.17, 15) is 0 Å². The molecule has 2 unspecified atom stereocenters. The highest BCUT2D eigenvalue weighted by Gasteiger charge is 2.32. The Morgan fingerprint density at radius 3 is 2.55 bits per heavy atom. The van der Waals surface area contributed by atoms with Gasteiger partial charge in [0.15, 0.2) is 0 Å². The molecule has 0 radical (unpaired) electrons. The van der Waals surface area contributed by atoms with Gasteiger partial charge in [0, 0.05) is 5.54 Å². The van der Waals surface area contributed by atoms with Crippen LogP contribution in [0.2, 0.25) is 0 Å². The van der Waals surface area contributed by atoms with Gasteiger partial charge in [0.2, 0.25) is 0 Å². The van der Waals surface area contributed by atoms with Crippen LogP contribution in [0.4, 0.5) is 0 Å². The standard InChI is InChI=1S/C18H29NO/c1-13(2)20-16-8-6-7-14(11-16)17-10-9-15(17)12-19-18(3,4)5/h6-8,11,13,15,17,19H,9-10,12H2,1-5H3. The minimum Gasteiger partial charge on any atom is -0.491 e. The van der Waals surface area contributed by atoms with Crippen molar-refractivity contribution in [3.05, 3.63) is 29.8 Å². The summed E-state index contributed by atoms with van der Waals surface area (Å²) in [5.41, 5.74) is 1.65. The zero-order valence-corrected chi connectivity index (χ0v) is 13.6. The Kier molecular flexibility index (Phi) is 4.74. The Morgan fingerprint density at radius 1 is 1.25 bits per heavy atom. The summed E-state index contributed by atoms with van der Waals surface area (Å²) in [5, 5.41) is 3.64. The fourth-order valence-electron chi connectivity index (χ4n) is 2.78. The van der Waals surface area contributed by atoms with Crippen LogP contribution in [0.1, 0.15) is 58.9 Å². The van der Waals surface area contributed by atoms with Gasteiger partial charge in [-0.25, -0.2) is 0 Å². The van der Waals surface area contributed by atoms with Gasteiger partial charge >= 0.3 is 0 Å². The molecule has 2 rings (SSSR count). The SMILES string of the molecule is CC(C)Oc1cccc(C2CCC2CNC(C)(C)C)c1. The summed E-state index contributed by atoms with van der Waals surface area (Å²) in [6.07, 6.45) is 2.88. The first-order chi connectivity index (χ1) is 9.35. The summed E-state index contributed by atoms with van der Waals surface area (Å²) in [6.45, 7) is 12.0. The van der Waals surface area contributed by atoms with Gasteiger partial charge in [-0.1, -0.05) is 12.1 Å². The van der Waals surface area contributed by atoms with E-state index in [0.29, 0.717) is 5.92 Å². The second-order valence-electron chi connectivity index (χ2n) is 7.31. The zero-order chi connectivity index (χ0) is 14.8. The molecule has 1 fully saturated rings. The molecular formula is C18H29NO. The van der Waals surface area contributed by atoms with Gasteiger partial charge in [0.25, 0.3) is 0 Å².